The first-order valence-electron chi connectivity index (χ1n) is 7.18. The third kappa shape index (κ3) is 2.55. The molecule has 1 N–H and O–H groups in total. The van der Waals surface area contributed by atoms with Gasteiger partial charge in [0.2, 0.25) is 0 Å². The normalized spacial score (nSPS) is 32.7. The molecular formula is C14H24N4O. The first kappa shape index (κ1) is 13.1. The van der Waals surface area contributed by atoms with Crippen molar-refractivity contribution in [2.75, 3.05) is 19.6 Å². The third-order valence-corrected chi connectivity index (χ3v) is 4.56. The van der Waals surface area contributed by atoms with Crippen LogP contribution in [0.2, 0.25) is 0 Å². The monoisotopic (exact) mass is 264 g/mol. The van der Waals surface area contributed by atoms with Gasteiger partial charge in [-0.2, -0.15) is 5.10 Å². The van der Waals surface area contributed by atoms with Crippen molar-refractivity contribution in [1.82, 2.24) is 19.6 Å². The number of rotatable bonds is 2. The lowest BCUT2D eigenvalue weighted by molar-refractivity contribution is 0.0527. The summed E-state index contributed by atoms with van der Waals surface area (Å²) in [5, 5.41) is 14.2. The molecule has 0 radical (unpaired) electrons. The molecule has 0 saturated carbocycles. The Labute approximate surface area is 114 Å². The van der Waals surface area contributed by atoms with Crippen molar-refractivity contribution >= 4 is 0 Å². The van der Waals surface area contributed by atoms with E-state index in [-0.39, 0.29) is 6.10 Å². The molecule has 2 aliphatic rings. The number of aryl methyl sites for hydroxylation is 2. The molecule has 0 amide bonds. The molecule has 3 heterocycles. The second-order valence-corrected chi connectivity index (χ2v) is 6.19. The standard InChI is InChI=1S/C14H24N4O/c1-10-5-18-9-14(19)4-13(18)8-17(10)7-12-6-16(3)15-11(12)2/h6,10,13-14,19H,4-5,7-9H2,1-3H3/t10-,13+,14+/m0/s1. The van der Waals surface area contributed by atoms with E-state index in [0.717, 1.165) is 38.3 Å². The Morgan fingerprint density at radius 3 is 2.84 bits per heavy atom. The van der Waals surface area contributed by atoms with Gasteiger partial charge in [0.15, 0.2) is 0 Å². The maximum absolute atomic E-state index is 9.80. The molecule has 0 aromatic carbocycles. The summed E-state index contributed by atoms with van der Waals surface area (Å²) in [6.45, 7) is 8.33. The lowest BCUT2D eigenvalue weighted by atomic mass is 10.1. The average Bonchev–Trinajstić information content (AvgIpc) is 2.81. The van der Waals surface area contributed by atoms with Crippen LogP contribution in [0.5, 0.6) is 0 Å². The van der Waals surface area contributed by atoms with Crippen LogP contribution < -0.4 is 0 Å². The molecule has 0 bridgehead atoms. The molecule has 106 valence electrons. The van der Waals surface area contributed by atoms with Gasteiger partial charge in [-0.05, 0) is 20.3 Å². The van der Waals surface area contributed by atoms with Crippen LogP contribution in [0.1, 0.15) is 24.6 Å². The predicted octanol–water partition coefficient (Wildman–Crippen LogP) is 0.368. The van der Waals surface area contributed by atoms with Gasteiger partial charge in [0.05, 0.1) is 11.8 Å². The van der Waals surface area contributed by atoms with E-state index in [1.165, 1.54) is 5.56 Å². The van der Waals surface area contributed by atoms with Crippen LogP contribution in [-0.4, -0.2) is 62.5 Å². The Hall–Kier alpha value is -0.910. The van der Waals surface area contributed by atoms with Gasteiger partial charge >= 0.3 is 0 Å². The summed E-state index contributed by atoms with van der Waals surface area (Å²) >= 11 is 0. The van der Waals surface area contributed by atoms with Crippen LogP contribution in [0.25, 0.3) is 0 Å². The van der Waals surface area contributed by atoms with Gasteiger partial charge in [-0.25, -0.2) is 0 Å². The summed E-state index contributed by atoms with van der Waals surface area (Å²) in [5.74, 6) is 0. The molecule has 1 aromatic heterocycles. The zero-order valence-electron chi connectivity index (χ0n) is 12.1. The van der Waals surface area contributed by atoms with Gasteiger partial charge in [0, 0.05) is 57.1 Å². The molecule has 0 spiro atoms. The zero-order chi connectivity index (χ0) is 13.6. The van der Waals surface area contributed by atoms with E-state index >= 15 is 0 Å². The molecule has 0 aliphatic carbocycles. The molecule has 3 atom stereocenters. The summed E-state index contributed by atoms with van der Waals surface area (Å²) in [6.07, 6.45) is 2.92. The fourth-order valence-corrected chi connectivity index (χ4v) is 3.52. The number of fused-ring (bicyclic) bond motifs is 1. The van der Waals surface area contributed by atoms with Crippen molar-refractivity contribution < 1.29 is 5.11 Å². The maximum atomic E-state index is 9.80. The molecule has 0 unspecified atom stereocenters. The summed E-state index contributed by atoms with van der Waals surface area (Å²) in [6, 6.07) is 1.07. The van der Waals surface area contributed by atoms with E-state index in [1.54, 1.807) is 0 Å². The van der Waals surface area contributed by atoms with Crippen molar-refractivity contribution in [3.8, 4) is 0 Å². The van der Waals surface area contributed by atoms with Crippen molar-refractivity contribution in [2.24, 2.45) is 7.05 Å². The predicted molar refractivity (Wildman–Crippen MR) is 73.8 cm³/mol. The number of hydrogen-bond donors (Lipinski definition) is 1. The largest absolute Gasteiger partial charge is 0.392 e. The van der Waals surface area contributed by atoms with Gasteiger partial charge in [-0.3, -0.25) is 14.5 Å². The van der Waals surface area contributed by atoms with Gasteiger partial charge in [-0.1, -0.05) is 0 Å². The summed E-state index contributed by atoms with van der Waals surface area (Å²) < 4.78 is 1.89. The molecule has 3 rings (SSSR count). The van der Waals surface area contributed by atoms with Crippen LogP contribution in [0.3, 0.4) is 0 Å². The van der Waals surface area contributed by atoms with Crippen LogP contribution in [0, 0.1) is 6.92 Å². The Morgan fingerprint density at radius 2 is 2.16 bits per heavy atom. The Kier molecular flexibility index (Phi) is 3.37. The minimum Gasteiger partial charge on any atom is -0.392 e. The van der Waals surface area contributed by atoms with Crippen LogP contribution in [0.15, 0.2) is 6.20 Å². The minimum atomic E-state index is -0.128. The molecule has 5 heteroatoms. The quantitative estimate of drug-likeness (QED) is 0.838. The number of aliphatic hydroxyl groups excluding tert-OH is 1. The highest BCUT2D eigenvalue weighted by Gasteiger charge is 2.38. The van der Waals surface area contributed by atoms with Crippen molar-refractivity contribution in [2.45, 2.75) is 45.0 Å². The van der Waals surface area contributed by atoms with Gasteiger partial charge in [-0.15, -0.1) is 0 Å². The topological polar surface area (TPSA) is 44.5 Å². The maximum Gasteiger partial charge on any atom is 0.0682 e. The summed E-state index contributed by atoms with van der Waals surface area (Å²) in [5.41, 5.74) is 2.45. The highest BCUT2D eigenvalue weighted by Crippen LogP contribution is 2.26. The molecule has 5 nitrogen and oxygen atoms in total. The van der Waals surface area contributed by atoms with E-state index in [9.17, 15) is 5.11 Å². The van der Waals surface area contributed by atoms with E-state index in [2.05, 4.69) is 34.9 Å². The van der Waals surface area contributed by atoms with Crippen LogP contribution in [-0.2, 0) is 13.6 Å². The lowest BCUT2D eigenvalue weighted by Gasteiger charge is -2.42. The highest BCUT2D eigenvalue weighted by molar-refractivity contribution is 5.15. The van der Waals surface area contributed by atoms with E-state index in [0.29, 0.717) is 12.1 Å². The SMILES string of the molecule is Cc1nn(C)cc1CN1C[C@H]2C[C@@H](O)CN2C[C@@H]1C. The third-order valence-electron chi connectivity index (χ3n) is 4.56. The van der Waals surface area contributed by atoms with Crippen LogP contribution >= 0.6 is 0 Å². The fraction of sp³-hybridized carbons (Fsp3) is 0.786. The lowest BCUT2D eigenvalue weighted by Crippen LogP contribution is -2.54. The second kappa shape index (κ2) is 4.89. The van der Waals surface area contributed by atoms with E-state index in [1.807, 2.05) is 11.7 Å². The van der Waals surface area contributed by atoms with E-state index in [4.69, 9.17) is 0 Å². The molecule has 2 fully saturated rings. The minimum absolute atomic E-state index is 0.128. The number of aliphatic hydroxyl groups is 1. The smallest absolute Gasteiger partial charge is 0.0682 e. The average molecular weight is 264 g/mol. The summed E-state index contributed by atoms with van der Waals surface area (Å²) in [4.78, 5) is 4.98. The molecule has 19 heavy (non-hydrogen) atoms. The first-order chi connectivity index (χ1) is 9.02. The van der Waals surface area contributed by atoms with Crippen molar-refractivity contribution in [1.29, 1.82) is 0 Å². The number of piperazine rings is 1. The molecule has 1 aromatic rings. The fourth-order valence-electron chi connectivity index (χ4n) is 3.52. The van der Waals surface area contributed by atoms with Gasteiger partial charge < -0.3 is 5.11 Å². The highest BCUT2D eigenvalue weighted by atomic mass is 16.3. The Bertz CT molecular complexity index is 458. The first-order valence-corrected chi connectivity index (χ1v) is 7.18. The number of hydrogen-bond acceptors (Lipinski definition) is 4. The zero-order valence-corrected chi connectivity index (χ0v) is 12.1. The van der Waals surface area contributed by atoms with Crippen molar-refractivity contribution in [3.05, 3.63) is 17.5 Å². The number of aromatic nitrogens is 2. The van der Waals surface area contributed by atoms with E-state index < -0.39 is 0 Å². The second-order valence-electron chi connectivity index (χ2n) is 6.19. The Balaban J connectivity index is 1.69. The summed E-state index contributed by atoms with van der Waals surface area (Å²) in [7, 11) is 1.98. The van der Waals surface area contributed by atoms with Crippen LogP contribution in [0.4, 0.5) is 0 Å². The number of nitrogens with zero attached hydrogens (tertiary/aromatic N) is 4. The Morgan fingerprint density at radius 1 is 1.37 bits per heavy atom. The molecule has 2 saturated heterocycles. The van der Waals surface area contributed by atoms with Gasteiger partial charge in [0.25, 0.3) is 0 Å². The molecule has 2 aliphatic heterocycles. The van der Waals surface area contributed by atoms with Crippen molar-refractivity contribution in [3.63, 3.8) is 0 Å². The van der Waals surface area contributed by atoms with Gasteiger partial charge in [0.1, 0.15) is 0 Å². The molecular weight excluding hydrogens is 240 g/mol.